The van der Waals surface area contributed by atoms with E-state index in [1.54, 1.807) is 0 Å². The third kappa shape index (κ3) is 3.40. The summed E-state index contributed by atoms with van der Waals surface area (Å²) in [4.78, 5) is 13.1. The van der Waals surface area contributed by atoms with Crippen LogP contribution in [0.25, 0.3) is 0 Å². The fourth-order valence-electron chi connectivity index (χ4n) is 2.28. The molecule has 0 aromatic carbocycles. The third-order valence-electron chi connectivity index (χ3n) is 3.34. The fourth-order valence-corrected chi connectivity index (χ4v) is 2.28. The van der Waals surface area contributed by atoms with E-state index in [0.717, 1.165) is 17.7 Å². The summed E-state index contributed by atoms with van der Waals surface area (Å²) in [5.41, 5.74) is 5.81. The van der Waals surface area contributed by atoms with Gasteiger partial charge < -0.3 is 10.6 Å². The second kappa shape index (κ2) is 5.57. The van der Waals surface area contributed by atoms with Crippen LogP contribution < -0.4 is 5.73 Å². The first-order valence-electron chi connectivity index (χ1n) is 5.70. The Balaban J connectivity index is 2.57. The number of alkyl halides is 2. The lowest BCUT2D eigenvalue weighted by atomic mass is 9.77. The van der Waals surface area contributed by atoms with E-state index >= 15 is 0 Å². The van der Waals surface area contributed by atoms with Gasteiger partial charge in [-0.2, -0.15) is 0 Å². The number of carbonyl (C=O) groups excluding carboxylic acids is 1. The number of hydrogen-bond acceptors (Lipinski definition) is 2. The first kappa shape index (κ1) is 13.4. The van der Waals surface area contributed by atoms with Crippen molar-refractivity contribution >= 4 is 5.91 Å². The van der Waals surface area contributed by atoms with Gasteiger partial charge in [0.25, 0.3) is 6.43 Å². The highest BCUT2D eigenvalue weighted by atomic mass is 19.3. The molecule has 0 aliphatic heterocycles. The number of nitrogens with zero attached hydrogens (tertiary/aromatic N) is 1. The lowest BCUT2D eigenvalue weighted by molar-refractivity contribution is -0.138. The number of amides is 1. The molecule has 0 bridgehead atoms. The molecule has 5 heteroatoms. The number of carbonyl (C=O) groups is 1. The van der Waals surface area contributed by atoms with Gasteiger partial charge in [-0.25, -0.2) is 8.78 Å². The van der Waals surface area contributed by atoms with Crippen LogP contribution in [0, 0.1) is 11.8 Å². The summed E-state index contributed by atoms with van der Waals surface area (Å²) in [5, 5.41) is 0. The largest absolute Gasteiger partial charge is 0.340 e. The molecular weight excluding hydrogens is 214 g/mol. The van der Waals surface area contributed by atoms with Crippen molar-refractivity contribution in [3.8, 4) is 0 Å². The van der Waals surface area contributed by atoms with Crippen molar-refractivity contribution in [2.75, 3.05) is 13.6 Å². The Morgan fingerprint density at radius 3 is 2.69 bits per heavy atom. The Bertz CT molecular complexity index is 248. The normalized spacial score (nSPS) is 30.5. The molecule has 0 aromatic heterocycles. The van der Waals surface area contributed by atoms with E-state index in [-0.39, 0.29) is 23.8 Å². The number of halogens is 2. The molecule has 1 rings (SSSR count). The predicted octanol–water partition coefficient (Wildman–Crippen LogP) is 1.47. The molecular formula is C11H20F2N2O. The van der Waals surface area contributed by atoms with E-state index < -0.39 is 13.0 Å². The quantitative estimate of drug-likeness (QED) is 0.804. The van der Waals surface area contributed by atoms with E-state index in [4.69, 9.17) is 5.73 Å². The molecule has 3 unspecified atom stereocenters. The molecule has 16 heavy (non-hydrogen) atoms. The van der Waals surface area contributed by atoms with Crippen LogP contribution in [0.2, 0.25) is 0 Å². The summed E-state index contributed by atoms with van der Waals surface area (Å²) in [6, 6.07) is 0.0325. The predicted molar refractivity (Wildman–Crippen MR) is 58.1 cm³/mol. The van der Waals surface area contributed by atoms with Gasteiger partial charge in [0.1, 0.15) is 0 Å². The van der Waals surface area contributed by atoms with Gasteiger partial charge >= 0.3 is 0 Å². The average Bonchev–Trinajstić information content (AvgIpc) is 2.19. The summed E-state index contributed by atoms with van der Waals surface area (Å²) in [5.74, 6) is -0.136. The molecule has 3 nitrogen and oxygen atoms in total. The van der Waals surface area contributed by atoms with Crippen molar-refractivity contribution in [2.45, 2.75) is 38.7 Å². The van der Waals surface area contributed by atoms with E-state index in [1.807, 2.05) is 6.92 Å². The Hall–Kier alpha value is -0.710. The van der Waals surface area contributed by atoms with E-state index in [9.17, 15) is 13.6 Å². The van der Waals surface area contributed by atoms with Crippen molar-refractivity contribution in [1.82, 2.24) is 4.90 Å². The van der Waals surface area contributed by atoms with Gasteiger partial charge in [0.2, 0.25) is 5.91 Å². The highest BCUT2D eigenvalue weighted by Gasteiger charge is 2.33. The molecule has 0 heterocycles. The van der Waals surface area contributed by atoms with Crippen molar-refractivity contribution in [2.24, 2.45) is 17.6 Å². The SMILES string of the molecule is CC1CCC(N)CC1C(=O)N(C)CC(F)F. The fraction of sp³-hybridized carbons (Fsp3) is 0.909. The van der Waals surface area contributed by atoms with Gasteiger partial charge in [0, 0.05) is 19.0 Å². The zero-order valence-electron chi connectivity index (χ0n) is 9.83. The first-order valence-corrected chi connectivity index (χ1v) is 5.70. The van der Waals surface area contributed by atoms with Crippen LogP contribution >= 0.6 is 0 Å². The second-order valence-corrected chi connectivity index (χ2v) is 4.77. The summed E-state index contributed by atoms with van der Waals surface area (Å²) in [6.45, 7) is 1.50. The molecule has 3 atom stereocenters. The van der Waals surface area contributed by atoms with E-state index in [2.05, 4.69) is 0 Å². The molecule has 1 fully saturated rings. The highest BCUT2D eigenvalue weighted by molar-refractivity contribution is 5.79. The second-order valence-electron chi connectivity index (χ2n) is 4.77. The van der Waals surface area contributed by atoms with Gasteiger partial charge in [0.15, 0.2) is 0 Å². The molecule has 1 saturated carbocycles. The first-order chi connectivity index (χ1) is 7.41. The number of rotatable bonds is 3. The molecule has 0 spiro atoms. The van der Waals surface area contributed by atoms with Crippen LogP contribution in [0.1, 0.15) is 26.2 Å². The van der Waals surface area contributed by atoms with E-state index in [1.165, 1.54) is 7.05 Å². The maximum absolute atomic E-state index is 12.2. The Labute approximate surface area is 95.0 Å². The monoisotopic (exact) mass is 234 g/mol. The molecule has 0 saturated heterocycles. The van der Waals surface area contributed by atoms with Crippen molar-refractivity contribution < 1.29 is 13.6 Å². The number of hydrogen-bond donors (Lipinski definition) is 1. The number of nitrogens with two attached hydrogens (primary N) is 1. The maximum atomic E-state index is 12.2. The minimum absolute atomic E-state index is 0.0325. The zero-order chi connectivity index (χ0) is 12.3. The summed E-state index contributed by atoms with van der Waals surface area (Å²) in [7, 11) is 1.43. The lowest BCUT2D eigenvalue weighted by Gasteiger charge is -2.34. The van der Waals surface area contributed by atoms with Gasteiger partial charge in [-0.1, -0.05) is 6.92 Å². The molecule has 2 N–H and O–H groups in total. The Kier molecular flexibility index (Phi) is 4.65. The molecule has 1 aliphatic carbocycles. The maximum Gasteiger partial charge on any atom is 0.255 e. The van der Waals surface area contributed by atoms with Gasteiger partial charge in [-0.15, -0.1) is 0 Å². The van der Waals surface area contributed by atoms with Gasteiger partial charge in [0.05, 0.1) is 6.54 Å². The molecule has 0 radical (unpaired) electrons. The molecule has 94 valence electrons. The van der Waals surface area contributed by atoms with Crippen LogP contribution in [0.4, 0.5) is 8.78 Å². The van der Waals surface area contributed by atoms with Crippen molar-refractivity contribution in [3.63, 3.8) is 0 Å². The standard InChI is InChI=1S/C11H20F2N2O/c1-7-3-4-8(14)5-9(7)11(16)15(2)6-10(12)13/h7-10H,3-6,14H2,1-2H3. The van der Waals surface area contributed by atoms with Crippen LogP contribution in [0.15, 0.2) is 0 Å². The Morgan fingerprint density at radius 2 is 2.12 bits per heavy atom. The molecule has 1 aliphatic rings. The Morgan fingerprint density at radius 1 is 1.50 bits per heavy atom. The van der Waals surface area contributed by atoms with Crippen LogP contribution in [0.3, 0.4) is 0 Å². The summed E-state index contributed by atoms with van der Waals surface area (Å²) < 4.78 is 24.3. The average molecular weight is 234 g/mol. The van der Waals surface area contributed by atoms with Crippen molar-refractivity contribution in [1.29, 1.82) is 0 Å². The lowest BCUT2D eigenvalue weighted by Crippen LogP contribution is -2.43. The molecule has 1 amide bonds. The van der Waals surface area contributed by atoms with Crippen molar-refractivity contribution in [3.05, 3.63) is 0 Å². The van der Waals surface area contributed by atoms with E-state index in [0.29, 0.717) is 6.42 Å². The molecule has 0 aromatic rings. The van der Waals surface area contributed by atoms with Gasteiger partial charge in [-0.05, 0) is 25.2 Å². The topological polar surface area (TPSA) is 46.3 Å². The smallest absolute Gasteiger partial charge is 0.255 e. The van der Waals surface area contributed by atoms with Crippen LogP contribution in [-0.4, -0.2) is 36.9 Å². The minimum Gasteiger partial charge on any atom is -0.340 e. The van der Waals surface area contributed by atoms with Crippen LogP contribution in [-0.2, 0) is 4.79 Å². The summed E-state index contributed by atoms with van der Waals surface area (Å²) >= 11 is 0. The highest BCUT2D eigenvalue weighted by Crippen LogP contribution is 2.30. The zero-order valence-corrected chi connectivity index (χ0v) is 9.83. The summed E-state index contributed by atoms with van der Waals surface area (Å²) in [6.07, 6.45) is -0.0292. The third-order valence-corrected chi connectivity index (χ3v) is 3.34. The van der Waals surface area contributed by atoms with Crippen LogP contribution in [0.5, 0.6) is 0 Å². The van der Waals surface area contributed by atoms with Gasteiger partial charge in [-0.3, -0.25) is 4.79 Å². The minimum atomic E-state index is -2.47.